The summed E-state index contributed by atoms with van der Waals surface area (Å²) in [6.07, 6.45) is 0. The number of ether oxygens (including phenoxy) is 1. The van der Waals surface area contributed by atoms with E-state index >= 15 is 0 Å². The minimum atomic E-state index is -0.816. The van der Waals surface area contributed by atoms with Gasteiger partial charge in [0.1, 0.15) is 17.6 Å². The monoisotopic (exact) mass is 475 g/mol. The Balaban J connectivity index is 1.50. The van der Waals surface area contributed by atoms with Crippen LogP contribution in [-0.2, 0) is 0 Å². The zero-order valence-corrected chi connectivity index (χ0v) is 19.9. The van der Waals surface area contributed by atoms with Gasteiger partial charge in [-0.1, -0.05) is 30.3 Å². The third-order valence-corrected chi connectivity index (χ3v) is 5.87. The van der Waals surface area contributed by atoms with E-state index in [0.717, 1.165) is 43.5 Å². The van der Waals surface area contributed by atoms with Crippen LogP contribution in [0.15, 0.2) is 76.3 Å². The molecule has 0 saturated heterocycles. The molecule has 8 heteroatoms. The Morgan fingerprint density at radius 1 is 0.917 bits per heavy atom. The van der Waals surface area contributed by atoms with E-state index in [1.165, 1.54) is 0 Å². The SMILES string of the molecule is Cc1cc2cc(Oc3c(C)cc(-n4nc(C#N)c(=O)[nH]c4=O)cc3C)ccc2nc1-c1ccccc1. The molecule has 0 aliphatic heterocycles. The molecule has 176 valence electrons. The average molecular weight is 476 g/mol. The van der Waals surface area contributed by atoms with Crippen molar-refractivity contribution >= 4 is 10.9 Å². The molecule has 5 rings (SSSR count). The second-order valence-electron chi connectivity index (χ2n) is 8.52. The predicted octanol–water partition coefficient (Wildman–Crippen LogP) is 4.73. The Bertz CT molecular complexity index is 1770. The van der Waals surface area contributed by atoms with Crippen molar-refractivity contribution in [2.75, 3.05) is 0 Å². The summed E-state index contributed by atoms with van der Waals surface area (Å²) in [6, 6.07) is 23.1. The summed E-state index contributed by atoms with van der Waals surface area (Å²) in [5, 5.41) is 13.9. The van der Waals surface area contributed by atoms with Crippen LogP contribution in [0.25, 0.3) is 27.8 Å². The van der Waals surface area contributed by atoms with Gasteiger partial charge in [0.05, 0.1) is 16.9 Å². The summed E-state index contributed by atoms with van der Waals surface area (Å²) in [4.78, 5) is 30.9. The number of benzene rings is 3. The molecule has 0 radical (unpaired) electrons. The van der Waals surface area contributed by atoms with Crippen molar-refractivity contribution in [2.24, 2.45) is 0 Å². The first kappa shape index (κ1) is 22.7. The molecule has 0 saturated carbocycles. The van der Waals surface area contributed by atoms with Gasteiger partial charge in [-0.2, -0.15) is 9.94 Å². The second kappa shape index (κ2) is 8.96. The van der Waals surface area contributed by atoms with Crippen LogP contribution >= 0.6 is 0 Å². The van der Waals surface area contributed by atoms with Crippen molar-refractivity contribution in [3.8, 4) is 34.5 Å². The fraction of sp³-hybridized carbons (Fsp3) is 0.107. The highest BCUT2D eigenvalue weighted by Crippen LogP contribution is 2.33. The van der Waals surface area contributed by atoms with Gasteiger partial charge in [-0.25, -0.2) is 9.78 Å². The first-order chi connectivity index (χ1) is 17.3. The average Bonchev–Trinajstić information content (AvgIpc) is 2.86. The van der Waals surface area contributed by atoms with Crippen molar-refractivity contribution in [1.29, 1.82) is 5.26 Å². The van der Waals surface area contributed by atoms with Crippen LogP contribution < -0.4 is 16.0 Å². The summed E-state index contributed by atoms with van der Waals surface area (Å²) in [5.74, 6) is 1.29. The van der Waals surface area contributed by atoms with E-state index in [4.69, 9.17) is 15.0 Å². The van der Waals surface area contributed by atoms with Gasteiger partial charge in [0.15, 0.2) is 0 Å². The fourth-order valence-electron chi connectivity index (χ4n) is 4.19. The van der Waals surface area contributed by atoms with Crippen molar-refractivity contribution in [1.82, 2.24) is 19.7 Å². The van der Waals surface area contributed by atoms with Gasteiger partial charge in [-0.3, -0.25) is 9.78 Å². The summed E-state index contributed by atoms with van der Waals surface area (Å²) < 4.78 is 7.24. The van der Waals surface area contributed by atoms with Gasteiger partial charge in [0.25, 0.3) is 5.56 Å². The predicted molar refractivity (Wildman–Crippen MR) is 137 cm³/mol. The smallest absolute Gasteiger partial charge is 0.349 e. The number of aromatic nitrogens is 4. The molecule has 0 atom stereocenters. The van der Waals surface area contributed by atoms with Gasteiger partial charge in [0.2, 0.25) is 5.69 Å². The standard InChI is InChI=1S/C28H21N5O3/c1-16-11-20-14-22(9-10-23(20)30-25(16)19-7-5-4-6-8-19)36-26-17(2)12-21(13-18(26)3)33-28(35)31-27(34)24(15-29)32-33/h4-14H,1-3H3,(H,31,34,35). The van der Waals surface area contributed by atoms with E-state index in [-0.39, 0.29) is 5.69 Å². The largest absolute Gasteiger partial charge is 0.457 e. The van der Waals surface area contributed by atoms with Crippen LogP contribution in [0, 0.1) is 32.1 Å². The summed E-state index contributed by atoms with van der Waals surface area (Å²) in [6.45, 7) is 5.75. The molecule has 0 aliphatic rings. The Labute approximate surface area is 206 Å². The quantitative estimate of drug-likeness (QED) is 0.402. The summed E-state index contributed by atoms with van der Waals surface area (Å²) in [7, 11) is 0. The second-order valence-corrected chi connectivity index (χ2v) is 8.52. The molecule has 2 heterocycles. The number of hydrogen-bond acceptors (Lipinski definition) is 6. The van der Waals surface area contributed by atoms with Crippen LogP contribution in [0.1, 0.15) is 22.4 Å². The van der Waals surface area contributed by atoms with E-state index < -0.39 is 11.2 Å². The fourth-order valence-corrected chi connectivity index (χ4v) is 4.19. The molecule has 3 aromatic carbocycles. The maximum atomic E-state index is 12.3. The van der Waals surface area contributed by atoms with Crippen LogP contribution in [0.3, 0.4) is 0 Å². The first-order valence-electron chi connectivity index (χ1n) is 11.2. The Hall–Kier alpha value is -5.03. The Kier molecular flexibility index (Phi) is 5.66. The van der Waals surface area contributed by atoms with E-state index in [2.05, 4.69) is 16.1 Å². The number of nitrogens with one attached hydrogen (secondary N) is 1. The first-order valence-corrected chi connectivity index (χ1v) is 11.2. The molecule has 0 spiro atoms. The zero-order chi connectivity index (χ0) is 25.4. The lowest BCUT2D eigenvalue weighted by molar-refractivity contribution is 0.475. The molecular formula is C28H21N5O3. The summed E-state index contributed by atoms with van der Waals surface area (Å²) in [5.41, 5.74) is 3.97. The molecule has 0 unspecified atom stereocenters. The van der Waals surface area contributed by atoms with Crippen molar-refractivity contribution in [3.63, 3.8) is 0 Å². The lowest BCUT2D eigenvalue weighted by Crippen LogP contribution is -2.33. The van der Waals surface area contributed by atoms with Gasteiger partial charge >= 0.3 is 5.69 Å². The highest BCUT2D eigenvalue weighted by molar-refractivity contribution is 5.84. The van der Waals surface area contributed by atoms with Crippen LogP contribution in [0.4, 0.5) is 0 Å². The van der Waals surface area contributed by atoms with Crippen LogP contribution in [0.5, 0.6) is 11.5 Å². The van der Waals surface area contributed by atoms with E-state index in [1.807, 2.05) is 69.3 Å². The molecular weight excluding hydrogens is 454 g/mol. The third kappa shape index (κ3) is 4.14. The summed E-state index contributed by atoms with van der Waals surface area (Å²) >= 11 is 0. The molecule has 2 aromatic heterocycles. The van der Waals surface area contributed by atoms with Gasteiger partial charge in [-0.15, -0.1) is 5.10 Å². The van der Waals surface area contributed by atoms with Crippen molar-refractivity contribution in [3.05, 3.63) is 110 Å². The maximum Gasteiger partial charge on any atom is 0.349 e. The molecule has 0 amide bonds. The van der Waals surface area contributed by atoms with Gasteiger partial charge < -0.3 is 4.74 Å². The minimum Gasteiger partial charge on any atom is -0.457 e. The molecule has 0 bridgehead atoms. The third-order valence-electron chi connectivity index (χ3n) is 5.87. The normalized spacial score (nSPS) is 10.8. The highest BCUT2D eigenvalue weighted by Gasteiger charge is 2.14. The number of aromatic amines is 1. The van der Waals surface area contributed by atoms with E-state index in [1.54, 1.807) is 18.2 Å². The van der Waals surface area contributed by atoms with Crippen molar-refractivity contribution < 1.29 is 4.74 Å². The number of nitriles is 1. The lowest BCUT2D eigenvalue weighted by atomic mass is 10.0. The van der Waals surface area contributed by atoms with Crippen LogP contribution in [0.2, 0.25) is 0 Å². The molecule has 0 fully saturated rings. The number of aryl methyl sites for hydroxylation is 3. The number of H-pyrrole nitrogens is 1. The number of nitrogens with zero attached hydrogens (tertiary/aromatic N) is 4. The van der Waals surface area contributed by atoms with Crippen LogP contribution in [-0.4, -0.2) is 19.7 Å². The molecule has 36 heavy (non-hydrogen) atoms. The highest BCUT2D eigenvalue weighted by atomic mass is 16.5. The zero-order valence-electron chi connectivity index (χ0n) is 19.9. The van der Waals surface area contributed by atoms with E-state index in [9.17, 15) is 9.59 Å². The molecule has 8 nitrogen and oxygen atoms in total. The van der Waals surface area contributed by atoms with Gasteiger partial charge in [0, 0.05) is 10.9 Å². The number of fused-ring (bicyclic) bond motifs is 1. The number of pyridine rings is 1. The minimum absolute atomic E-state index is 0.388. The lowest BCUT2D eigenvalue weighted by Gasteiger charge is -2.15. The maximum absolute atomic E-state index is 12.3. The molecule has 1 N–H and O–H groups in total. The number of rotatable bonds is 4. The van der Waals surface area contributed by atoms with E-state index in [0.29, 0.717) is 17.2 Å². The topological polar surface area (TPSA) is 114 Å². The molecule has 5 aromatic rings. The Morgan fingerprint density at radius 2 is 1.64 bits per heavy atom. The Morgan fingerprint density at radius 3 is 2.33 bits per heavy atom. The molecule has 0 aliphatic carbocycles. The number of hydrogen-bond donors (Lipinski definition) is 1. The van der Waals surface area contributed by atoms with Gasteiger partial charge in [-0.05, 0) is 73.9 Å². The van der Waals surface area contributed by atoms with Crippen molar-refractivity contribution in [2.45, 2.75) is 20.8 Å².